The lowest BCUT2D eigenvalue weighted by Crippen LogP contribution is -2.35. The Morgan fingerprint density at radius 1 is 1.22 bits per heavy atom. The molecule has 0 aliphatic rings. The maximum absolute atomic E-state index is 12.8. The van der Waals surface area contributed by atoms with E-state index in [0.717, 1.165) is 16.3 Å². The van der Waals surface area contributed by atoms with Gasteiger partial charge in [0.2, 0.25) is 0 Å². The lowest BCUT2D eigenvalue weighted by Gasteiger charge is -2.14. The lowest BCUT2D eigenvalue weighted by molar-refractivity contribution is -0.0477. The molecule has 96 valence electrons. The van der Waals surface area contributed by atoms with Crippen LogP contribution < -0.4 is 5.32 Å². The minimum Gasteiger partial charge on any atom is -0.390 e. The fraction of sp³-hybridized carbons (Fsp3) is 0.308. The summed E-state index contributed by atoms with van der Waals surface area (Å²) in [4.78, 5) is 4.01. The second kappa shape index (κ2) is 5.37. The third-order valence-corrected chi connectivity index (χ3v) is 2.65. The number of rotatable bonds is 5. The van der Waals surface area contributed by atoms with Crippen LogP contribution in [0.2, 0.25) is 0 Å². The summed E-state index contributed by atoms with van der Waals surface area (Å²) >= 11 is 0. The van der Waals surface area contributed by atoms with Gasteiger partial charge in [-0.15, -0.1) is 0 Å². The van der Waals surface area contributed by atoms with E-state index in [1.165, 1.54) is 0 Å². The molecule has 0 aliphatic carbocycles. The second-order valence-corrected chi connectivity index (χ2v) is 4.17. The van der Waals surface area contributed by atoms with Crippen molar-refractivity contribution in [3.63, 3.8) is 0 Å². The van der Waals surface area contributed by atoms with E-state index in [9.17, 15) is 8.78 Å². The summed E-state index contributed by atoms with van der Waals surface area (Å²) in [7, 11) is 0. The third kappa shape index (κ3) is 3.21. The number of aliphatic hydroxyl groups is 1. The van der Waals surface area contributed by atoms with E-state index in [1.54, 1.807) is 12.4 Å². The number of aromatic nitrogens is 1. The van der Waals surface area contributed by atoms with Gasteiger partial charge < -0.3 is 10.4 Å². The molecule has 0 radical (unpaired) electrons. The molecule has 0 unspecified atom stereocenters. The first-order valence-corrected chi connectivity index (χ1v) is 5.63. The minimum atomic E-state index is -3.07. The van der Waals surface area contributed by atoms with E-state index in [-0.39, 0.29) is 0 Å². The number of fused-ring (bicyclic) bond motifs is 1. The van der Waals surface area contributed by atoms with Crippen LogP contribution >= 0.6 is 0 Å². The number of alkyl halides is 2. The Kier molecular flexibility index (Phi) is 3.84. The second-order valence-electron chi connectivity index (χ2n) is 4.17. The average Bonchev–Trinajstić information content (AvgIpc) is 2.38. The first-order valence-electron chi connectivity index (χ1n) is 5.63. The highest BCUT2D eigenvalue weighted by Gasteiger charge is 2.26. The molecule has 2 rings (SSSR count). The van der Waals surface area contributed by atoms with E-state index < -0.39 is 19.1 Å². The van der Waals surface area contributed by atoms with Crippen LogP contribution in [0.25, 0.3) is 10.8 Å². The average molecular weight is 252 g/mol. The number of nitrogens with one attached hydrogen (secondary N) is 1. The Labute approximate surface area is 103 Å². The lowest BCUT2D eigenvalue weighted by atomic mass is 10.1. The van der Waals surface area contributed by atoms with Gasteiger partial charge in [0, 0.05) is 24.3 Å². The van der Waals surface area contributed by atoms with Crippen molar-refractivity contribution in [3.05, 3.63) is 42.2 Å². The van der Waals surface area contributed by atoms with E-state index in [1.807, 2.05) is 24.3 Å². The minimum absolute atomic E-state index is 0.341. The zero-order valence-electron chi connectivity index (χ0n) is 9.74. The van der Waals surface area contributed by atoms with Gasteiger partial charge in [-0.05, 0) is 23.1 Å². The van der Waals surface area contributed by atoms with Gasteiger partial charge in [0.25, 0.3) is 5.92 Å². The largest absolute Gasteiger partial charge is 0.390 e. The summed E-state index contributed by atoms with van der Waals surface area (Å²) in [6.07, 6.45) is 3.45. The number of benzene rings is 1. The van der Waals surface area contributed by atoms with Crippen LogP contribution in [0.5, 0.6) is 0 Å². The number of nitrogens with zero attached hydrogens (tertiary/aromatic N) is 1. The standard InChI is InChI=1S/C13H14F2N2O/c14-13(15,9-18)8-17-6-10-1-2-12-7-16-4-3-11(12)5-10/h1-5,7,17-18H,6,8-9H2. The van der Waals surface area contributed by atoms with Gasteiger partial charge in [-0.3, -0.25) is 4.98 Å². The molecule has 0 atom stereocenters. The number of hydrogen-bond donors (Lipinski definition) is 2. The molecular weight excluding hydrogens is 238 g/mol. The Morgan fingerprint density at radius 3 is 2.83 bits per heavy atom. The van der Waals surface area contributed by atoms with Gasteiger partial charge in [-0.2, -0.15) is 0 Å². The van der Waals surface area contributed by atoms with Gasteiger partial charge in [0.05, 0.1) is 6.54 Å². The van der Waals surface area contributed by atoms with E-state index in [4.69, 9.17) is 5.11 Å². The van der Waals surface area contributed by atoms with Crippen LogP contribution in [0.4, 0.5) is 8.78 Å². The van der Waals surface area contributed by atoms with Crippen molar-refractivity contribution < 1.29 is 13.9 Å². The summed E-state index contributed by atoms with van der Waals surface area (Å²) < 4.78 is 25.6. The Hall–Kier alpha value is -1.59. The predicted molar refractivity (Wildman–Crippen MR) is 65.5 cm³/mol. The van der Waals surface area contributed by atoms with Crippen LogP contribution in [0.3, 0.4) is 0 Å². The molecule has 0 bridgehead atoms. The molecule has 0 saturated heterocycles. The summed E-state index contributed by atoms with van der Waals surface area (Å²) in [5, 5.41) is 13.1. The van der Waals surface area contributed by atoms with Crippen molar-refractivity contribution >= 4 is 10.8 Å². The molecule has 1 aromatic heterocycles. The van der Waals surface area contributed by atoms with E-state index in [2.05, 4.69) is 10.3 Å². The zero-order chi connectivity index (χ0) is 13.0. The normalized spacial score (nSPS) is 11.9. The molecule has 3 nitrogen and oxygen atoms in total. The van der Waals surface area contributed by atoms with Crippen LogP contribution in [-0.2, 0) is 6.54 Å². The highest BCUT2D eigenvalue weighted by molar-refractivity contribution is 5.81. The van der Waals surface area contributed by atoms with Crippen LogP contribution in [0.15, 0.2) is 36.7 Å². The van der Waals surface area contributed by atoms with Crippen molar-refractivity contribution in [2.24, 2.45) is 0 Å². The van der Waals surface area contributed by atoms with Crippen molar-refractivity contribution in [2.45, 2.75) is 12.5 Å². The maximum atomic E-state index is 12.8. The topological polar surface area (TPSA) is 45.1 Å². The summed E-state index contributed by atoms with van der Waals surface area (Å²) in [5.74, 6) is -3.07. The number of halogens is 2. The van der Waals surface area contributed by atoms with Crippen molar-refractivity contribution in [2.75, 3.05) is 13.2 Å². The first kappa shape index (κ1) is 12.9. The van der Waals surface area contributed by atoms with Crippen molar-refractivity contribution in [3.8, 4) is 0 Å². The van der Waals surface area contributed by atoms with Gasteiger partial charge in [-0.1, -0.05) is 12.1 Å². The van der Waals surface area contributed by atoms with Gasteiger partial charge in [0.1, 0.15) is 6.61 Å². The molecule has 2 aromatic rings. The zero-order valence-corrected chi connectivity index (χ0v) is 9.74. The molecule has 1 aromatic carbocycles. The molecule has 1 heterocycles. The fourth-order valence-corrected chi connectivity index (χ4v) is 1.69. The van der Waals surface area contributed by atoms with E-state index in [0.29, 0.717) is 6.54 Å². The first-order chi connectivity index (χ1) is 8.61. The Morgan fingerprint density at radius 2 is 2.06 bits per heavy atom. The molecule has 5 heteroatoms. The van der Waals surface area contributed by atoms with Gasteiger partial charge in [-0.25, -0.2) is 8.78 Å². The van der Waals surface area contributed by atoms with Crippen molar-refractivity contribution in [1.29, 1.82) is 0 Å². The SMILES string of the molecule is OCC(F)(F)CNCc1ccc2cnccc2c1. The summed E-state index contributed by atoms with van der Waals surface area (Å²) in [6, 6.07) is 7.58. The monoisotopic (exact) mass is 252 g/mol. The molecular formula is C13H14F2N2O. The molecule has 0 amide bonds. The van der Waals surface area contributed by atoms with Crippen LogP contribution in [0.1, 0.15) is 5.56 Å². The Balaban J connectivity index is 2.00. The van der Waals surface area contributed by atoms with Gasteiger partial charge in [0.15, 0.2) is 0 Å². The maximum Gasteiger partial charge on any atom is 0.282 e. The summed E-state index contributed by atoms with van der Waals surface area (Å²) in [6.45, 7) is -1.32. The fourth-order valence-electron chi connectivity index (χ4n) is 1.69. The quantitative estimate of drug-likeness (QED) is 0.855. The molecule has 0 aliphatic heterocycles. The highest BCUT2D eigenvalue weighted by Crippen LogP contribution is 2.15. The highest BCUT2D eigenvalue weighted by atomic mass is 19.3. The summed E-state index contributed by atoms with van der Waals surface area (Å²) in [5.41, 5.74) is 0.919. The molecule has 18 heavy (non-hydrogen) atoms. The number of aliphatic hydroxyl groups excluding tert-OH is 1. The van der Waals surface area contributed by atoms with Gasteiger partial charge >= 0.3 is 0 Å². The van der Waals surface area contributed by atoms with Crippen LogP contribution in [0, 0.1) is 0 Å². The molecule has 0 saturated carbocycles. The third-order valence-electron chi connectivity index (χ3n) is 2.65. The van der Waals surface area contributed by atoms with Crippen LogP contribution in [-0.4, -0.2) is 29.2 Å². The molecule has 0 fully saturated rings. The number of pyridine rings is 1. The molecule has 0 spiro atoms. The van der Waals surface area contributed by atoms with E-state index >= 15 is 0 Å². The predicted octanol–water partition coefficient (Wildman–Crippen LogP) is 1.95. The Bertz CT molecular complexity index is 531. The number of hydrogen-bond acceptors (Lipinski definition) is 3. The van der Waals surface area contributed by atoms with Crippen molar-refractivity contribution in [1.82, 2.24) is 10.3 Å². The smallest absolute Gasteiger partial charge is 0.282 e. The molecule has 2 N–H and O–H groups in total.